The van der Waals surface area contributed by atoms with Crippen LogP contribution in [0.25, 0.3) is 0 Å². The van der Waals surface area contributed by atoms with Gasteiger partial charge >= 0.3 is 10.4 Å². The summed E-state index contributed by atoms with van der Waals surface area (Å²) < 4.78 is 37.2. The minimum absolute atomic E-state index is 0.0818. The van der Waals surface area contributed by atoms with Crippen molar-refractivity contribution in [2.75, 3.05) is 6.61 Å². The topological polar surface area (TPSA) is 150 Å². The Balaban J connectivity index is 0.000000575. The maximum absolute atomic E-state index is 11.6. The zero-order chi connectivity index (χ0) is 22.3. The van der Waals surface area contributed by atoms with Crippen LogP contribution in [-0.2, 0) is 21.6 Å². The number of aliphatic hydroxyl groups is 1. The standard InChI is InChI=1S/C18H16ClNO4S.H2O4S/c19-14-4-2-1-3-13(14)15(21)10-24-12-7-5-11(6-8-12)9-16-17(22)20-18(23)25-16;1-5(2,3)4/h1-8,15-16,21H,9-10H2,(H,20,22,23);(H2,1,2,3,4)/t15-,16?;/m1./s1. The zero-order valence-corrected chi connectivity index (χ0v) is 17.7. The number of rotatable bonds is 6. The lowest BCUT2D eigenvalue weighted by atomic mass is 10.1. The predicted octanol–water partition coefficient (Wildman–Crippen LogP) is 2.69. The van der Waals surface area contributed by atoms with Gasteiger partial charge < -0.3 is 9.84 Å². The van der Waals surface area contributed by atoms with Gasteiger partial charge in [0.2, 0.25) is 5.91 Å². The molecule has 2 atom stereocenters. The third-order valence-corrected chi connectivity index (χ3v) is 5.11. The maximum atomic E-state index is 11.6. The molecule has 162 valence electrons. The molecule has 0 aliphatic carbocycles. The van der Waals surface area contributed by atoms with E-state index in [1.165, 1.54) is 0 Å². The average molecular weight is 476 g/mol. The van der Waals surface area contributed by atoms with E-state index in [4.69, 9.17) is 33.9 Å². The van der Waals surface area contributed by atoms with Crippen molar-refractivity contribution in [3.8, 4) is 5.75 Å². The highest BCUT2D eigenvalue weighted by Gasteiger charge is 2.31. The Hall–Kier alpha value is -2.15. The largest absolute Gasteiger partial charge is 0.491 e. The number of imide groups is 1. The number of ether oxygens (including phenoxy) is 1. The maximum Gasteiger partial charge on any atom is 0.394 e. The Morgan fingerprint density at radius 3 is 2.23 bits per heavy atom. The fourth-order valence-electron chi connectivity index (χ4n) is 2.47. The van der Waals surface area contributed by atoms with Gasteiger partial charge in [-0.1, -0.05) is 53.7 Å². The summed E-state index contributed by atoms with van der Waals surface area (Å²) in [4.78, 5) is 22.8. The van der Waals surface area contributed by atoms with Gasteiger partial charge in [0.1, 0.15) is 18.5 Å². The third-order valence-electron chi connectivity index (χ3n) is 3.78. The molecule has 3 rings (SSSR count). The molecule has 4 N–H and O–H groups in total. The summed E-state index contributed by atoms with van der Waals surface area (Å²) in [6.07, 6.45) is -0.344. The zero-order valence-electron chi connectivity index (χ0n) is 15.3. The summed E-state index contributed by atoms with van der Waals surface area (Å²) in [6, 6.07) is 14.3. The molecule has 0 radical (unpaired) electrons. The number of aliphatic hydroxyl groups excluding tert-OH is 1. The normalized spacial score (nSPS) is 17.0. The number of amides is 2. The van der Waals surface area contributed by atoms with E-state index in [9.17, 15) is 14.7 Å². The van der Waals surface area contributed by atoms with E-state index < -0.39 is 16.5 Å². The van der Waals surface area contributed by atoms with Crippen LogP contribution in [0.2, 0.25) is 5.02 Å². The van der Waals surface area contributed by atoms with Crippen molar-refractivity contribution < 1.29 is 37.0 Å². The van der Waals surface area contributed by atoms with Crippen LogP contribution in [0.4, 0.5) is 4.79 Å². The molecule has 0 aromatic heterocycles. The number of carbonyl (C=O) groups is 2. The van der Waals surface area contributed by atoms with Crippen molar-refractivity contribution >= 4 is 44.9 Å². The van der Waals surface area contributed by atoms with Gasteiger partial charge in [0, 0.05) is 10.6 Å². The van der Waals surface area contributed by atoms with Gasteiger partial charge in [0.25, 0.3) is 5.24 Å². The molecule has 1 fully saturated rings. The van der Waals surface area contributed by atoms with Crippen LogP contribution in [0, 0.1) is 0 Å². The molecule has 2 aromatic carbocycles. The summed E-state index contributed by atoms with van der Waals surface area (Å²) in [7, 11) is -4.67. The number of thioether (sulfide) groups is 1. The van der Waals surface area contributed by atoms with Crippen LogP contribution in [0.1, 0.15) is 17.2 Å². The van der Waals surface area contributed by atoms with Gasteiger partial charge in [-0.25, -0.2) is 0 Å². The number of nitrogens with one attached hydrogen (secondary N) is 1. The molecule has 1 aliphatic heterocycles. The highest BCUT2D eigenvalue weighted by atomic mass is 35.5. The van der Waals surface area contributed by atoms with Crippen molar-refractivity contribution in [2.45, 2.75) is 17.8 Å². The minimum atomic E-state index is -4.67. The molecule has 12 heteroatoms. The average Bonchev–Trinajstić information content (AvgIpc) is 2.97. The fourth-order valence-corrected chi connectivity index (χ4v) is 3.60. The lowest BCUT2D eigenvalue weighted by molar-refractivity contribution is -0.118. The van der Waals surface area contributed by atoms with Gasteiger partial charge in [-0.3, -0.25) is 24.0 Å². The summed E-state index contributed by atoms with van der Waals surface area (Å²) in [5.74, 6) is 0.354. The first-order chi connectivity index (χ1) is 14.0. The first-order valence-corrected chi connectivity index (χ1v) is 11.0. The Kier molecular flexibility index (Phi) is 8.65. The van der Waals surface area contributed by atoms with Crippen LogP contribution in [0.3, 0.4) is 0 Å². The fraction of sp³-hybridized carbons (Fsp3) is 0.222. The van der Waals surface area contributed by atoms with Gasteiger partial charge in [0.15, 0.2) is 0 Å². The molecule has 0 spiro atoms. The molecule has 1 saturated heterocycles. The molecule has 30 heavy (non-hydrogen) atoms. The van der Waals surface area contributed by atoms with E-state index in [1.807, 2.05) is 12.1 Å². The van der Waals surface area contributed by atoms with Crippen LogP contribution in [0.15, 0.2) is 48.5 Å². The Labute approximate surface area is 182 Å². The number of halogens is 1. The lowest BCUT2D eigenvalue weighted by Gasteiger charge is -2.14. The summed E-state index contributed by atoms with van der Waals surface area (Å²) >= 11 is 7.06. The highest BCUT2D eigenvalue weighted by molar-refractivity contribution is 8.15. The molecule has 2 aromatic rings. The molecule has 0 bridgehead atoms. The van der Waals surface area contributed by atoms with E-state index in [1.54, 1.807) is 36.4 Å². The molecule has 2 amide bonds. The van der Waals surface area contributed by atoms with Gasteiger partial charge in [-0.15, -0.1) is 0 Å². The minimum Gasteiger partial charge on any atom is -0.491 e. The van der Waals surface area contributed by atoms with E-state index in [0.29, 0.717) is 22.8 Å². The van der Waals surface area contributed by atoms with Crippen molar-refractivity contribution in [3.05, 3.63) is 64.7 Å². The molecule has 9 nitrogen and oxygen atoms in total. The van der Waals surface area contributed by atoms with E-state index in [0.717, 1.165) is 17.3 Å². The van der Waals surface area contributed by atoms with Crippen molar-refractivity contribution in [1.29, 1.82) is 0 Å². The van der Waals surface area contributed by atoms with E-state index in [2.05, 4.69) is 5.32 Å². The second kappa shape index (κ2) is 10.8. The Morgan fingerprint density at radius 2 is 1.70 bits per heavy atom. The van der Waals surface area contributed by atoms with Crippen LogP contribution in [0.5, 0.6) is 5.75 Å². The molecule has 1 aliphatic rings. The smallest absolute Gasteiger partial charge is 0.394 e. The Bertz CT molecular complexity index is 990. The van der Waals surface area contributed by atoms with E-state index in [-0.39, 0.29) is 23.0 Å². The first-order valence-electron chi connectivity index (χ1n) is 8.38. The quantitative estimate of drug-likeness (QED) is 0.462. The van der Waals surface area contributed by atoms with Crippen molar-refractivity contribution in [1.82, 2.24) is 5.32 Å². The second-order valence-electron chi connectivity index (χ2n) is 6.03. The number of hydrogen-bond acceptors (Lipinski definition) is 7. The van der Waals surface area contributed by atoms with E-state index >= 15 is 0 Å². The molecule has 0 saturated carbocycles. The number of benzene rings is 2. The summed E-state index contributed by atoms with van der Waals surface area (Å²) in [6.45, 7) is 0.0818. The van der Waals surface area contributed by atoms with Crippen LogP contribution in [-0.4, -0.2) is 45.6 Å². The lowest BCUT2D eigenvalue weighted by Crippen LogP contribution is -2.25. The second-order valence-corrected chi connectivity index (χ2v) is 8.51. The number of carbonyl (C=O) groups excluding carboxylic acids is 2. The third kappa shape index (κ3) is 8.30. The van der Waals surface area contributed by atoms with Gasteiger partial charge in [0.05, 0.1) is 5.25 Å². The molecule has 1 heterocycles. The molecular weight excluding hydrogens is 458 g/mol. The van der Waals surface area contributed by atoms with Gasteiger partial charge in [-0.05, 0) is 30.2 Å². The number of hydrogen-bond donors (Lipinski definition) is 4. The SMILES string of the molecule is O=C1NC(=O)C(Cc2ccc(OC[C@@H](O)c3ccccc3Cl)cc2)S1.O=S(=O)(O)O. The predicted molar refractivity (Wildman–Crippen MR) is 111 cm³/mol. The van der Waals surface area contributed by atoms with Gasteiger partial charge in [-0.2, -0.15) is 8.42 Å². The molecule has 1 unspecified atom stereocenters. The highest BCUT2D eigenvalue weighted by Crippen LogP contribution is 2.25. The van der Waals surface area contributed by atoms with Crippen molar-refractivity contribution in [3.63, 3.8) is 0 Å². The van der Waals surface area contributed by atoms with Crippen LogP contribution >= 0.6 is 23.4 Å². The monoisotopic (exact) mass is 475 g/mol. The van der Waals surface area contributed by atoms with Crippen molar-refractivity contribution in [2.24, 2.45) is 0 Å². The Morgan fingerprint density at radius 1 is 1.10 bits per heavy atom. The first kappa shape index (κ1) is 24.1. The van der Waals surface area contributed by atoms with Crippen LogP contribution < -0.4 is 10.1 Å². The molecular formula is C18H18ClNO8S2. The summed E-state index contributed by atoms with van der Waals surface area (Å²) in [5.41, 5.74) is 1.55. The summed E-state index contributed by atoms with van der Waals surface area (Å²) in [5, 5.41) is 12.3.